The molecule has 11 rings (SSSR count). The van der Waals surface area contributed by atoms with Gasteiger partial charge in [0.15, 0.2) is 11.5 Å². The van der Waals surface area contributed by atoms with Crippen LogP contribution in [-0.2, 0) is 23.7 Å². The van der Waals surface area contributed by atoms with Gasteiger partial charge in [0.2, 0.25) is 0 Å². The Kier molecular flexibility index (Phi) is 9.13. The first-order valence-corrected chi connectivity index (χ1v) is 22.2. The Hall–Kier alpha value is -6.94. The molecule has 0 unspecified atom stereocenters. The summed E-state index contributed by atoms with van der Waals surface area (Å²) in [7, 11) is 1.87. The molecule has 1 amide bonds. The number of carbonyl (C=O) groups excluding carboxylic acids is 1. The molecule has 0 bridgehead atoms. The Morgan fingerprint density at radius 1 is 0.954 bits per heavy atom. The molecule has 1 N–H and O–H groups in total. The van der Waals surface area contributed by atoms with Crippen molar-refractivity contribution in [1.82, 2.24) is 48.7 Å². The first-order chi connectivity index (χ1) is 31.1. The molecule has 4 atom stereocenters. The van der Waals surface area contributed by atoms with Gasteiger partial charge in [0.05, 0.1) is 34.7 Å². The fraction of sp³-hybridized carbons (Fsp3) is 0.367. The Labute approximate surface area is 372 Å². The van der Waals surface area contributed by atoms with E-state index < -0.39 is 17.3 Å². The van der Waals surface area contributed by atoms with Gasteiger partial charge in [0.25, 0.3) is 11.5 Å². The molecule has 7 heterocycles. The minimum Gasteiger partial charge on any atom is -0.376 e. The fourth-order valence-electron chi connectivity index (χ4n) is 10.8. The first-order valence-electron chi connectivity index (χ1n) is 22.2. The van der Waals surface area contributed by atoms with Crippen molar-refractivity contribution >= 4 is 27.7 Å². The van der Waals surface area contributed by atoms with Crippen molar-refractivity contribution in [2.75, 3.05) is 13.2 Å². The van der Waals surface area contributed by atoms with Crippen molar-refractivity contribution in [3.05, 3.63) is 139 Å². The molecule has 2 aliphatic heterocycles. The van der Waals surface area contributed by atoms with Crippen LogP contribution >= 0.6 is 0 Å². The summed E-state index contributed by atoms with van der Waals surface area (Å²) in [5.41, 5.74) is 5.91. The quantitative estimate of drug-likeness (QED) is 0.170. The number of H-pyrrole nitrogens is 1. The molecule has 5 aromatic heterocycles. The molecule has 2 fully saturated rings. The van der Waals surface area contributed by atoms with E-state index in [9.17, 15) is 9.59 Å². The maximum Gasteiger partial charge on any atom is 0.438 e. The zero-order valence-corrected chi connectivity index (χ0v) is 37.3. The maximum absolute atomic E-state index is 15.6. The number of nitrogens with one attached hydrogen (secondary N) is 1. The van der Waals surface area contributed by atoms with E-state index in [-0.39, 0.29) is 40.4 Å². The topological polar surface area (TPSA) is 164 Å². The molecule has 0 spiro atoms. The van der Waals surface area contributed by atoms with Gasteiger partial charge < -0.3 is 14.2 Å². The standard InChI is InChI=1S/C49H49FN10O5/c1-26-18-35(19-27(2)41(26)50)60-43(42-45(62)58(16-14-51-42)34-9-11-37-33(21-34)25-52-56(37)7)40-29(4)57(15-12-36(40)54-60)44(61)39-22-32-20-30(31-13-17-64-48(5,6)24-31)8-10-38(32)59(39)49(23-28(49)3)46-53-47(63)65-55-46/h8-11,14,16,18-22,25,28-29,31H,12-13,15,17,23-24H2,1-7H3,(H,53,55,63)/t28-,29-,31-,49-/m0/s1. The first kappa shape index (κ1) is 40.8. The second-order valence-corrected chi connectivity index (χ2v) is 18.9. The van der Waals surface area contributed by atoms with Crippen LogP contribution < -0.4 is 11.3 Å². The van der Waals surface area contributed by atoms with Gasteiger partial charge in [-0.2, -0.15) is 10.2 Å². The Bertz CT molecular complexity index is 3360. The van der Waals surface area contributed by atoms with E-state index in [4.69, 9.17) is 19.3 Å². The van der Waals surface area contributed by atoms with Gasteiger partial charge in [-0.1, -0.05) is 18.1 Å². The molecule has 3 aromatic carbocycles. The van der Waals surface area contributed by atoms with Gasteiger partial charge in [-0.3, -0.25) is 28.3 Å². The fourth-order valence-corrected chi connectivity index (χ4v) is 10.8. The number of benzene rings is 3. The Morgan fingerprint density at radius 3 is 2.45 bits per heavy atom. The van der Waals surface area contributed by atoms with Crippen LogP contribution in [0.2, 0.25) is 0 Å². The molecule has 332 valence electrons. The summed E-state index contributed by atoms with van der Waals surface area (Å²) in [6, 6.07) is 16.9. The number of nitrogens with zero attached hydrogens (tertiary/aromatic N) is 9. The van der Waals surface area contributed by atoms with E-state index in [1.54, 1.807) is 58.5 Å². The lowest BCUT2D eigenvalue weighted by Crippen LogP contribution is -2.41. The average Bonchev–Trinajstić information content (AvgIpc) is 3.77. The summed E-state index contributed by atoms with van der Waals surface area (Å²) < 4.78 is 33.3. The number of carbonyl (C=O) groups is 1. The van der Waals surface area contributed by atoms with E-state index in [0.29, 0.717) is 77.0 Å². The van der Waals surface area contributed by atoms with E-state index in [0.717, 1.165) is 34.6 Å². The van der Waals surface area contributed by atoms with Crippen molar-refractivity contribution in [3.8, 4) is 22.8 Å². The minimum atomic E-state index is -0.836. The molecule has 65 heavy (non-hydrogen) atoms. The van der Waals surface area contributed by atoms with Gasteiger partial charge in [-0.15, -0.1) is 0 Å². The second kappa shape index (κ2) is 14.5. The van der Waals surface area contributed by atoms with Crippen molar-refractivity contribution in [3.63, 3.8) is 0 Å². The zero-order valence-electron chi connectivity index (χ0n) is 37.3. The highest BCUT2D eigenvalue weighted by atomic mass is 19.1. The molecule has 8 aromatic rings. The van der Waals surface area contributed by atoms with Crippen molar-refractivity contribution < 1.29 is 18.4 Å². The number of hydrogen-bond acceptors (Lipinski definition) is 9. The summed E-state index contributed by atoms with van der Waals surface area (Å²) in [4.78, 5) is 52.3. The molecular weight excluding hydrogens is 828 g/mol. The molecule has 15 nitrogen and oxygen atoms in total. The van der Waals surface area contributed by atoms with Gasteiger partial charge >= 0.3 is 5.76 Å². The lowest BCUT2D eigenvalue weighted by atomic mass is 9.83. The largest absolute Gasteiger partial charge is 0.438 e. The maximum atomic E-state index is 15.6. The molecule has 0 radical (unpaired) electrons. The summed E-state index contributed by atoms with van der Waals surface area (Å²) in [5.74, 6) is -0.540. The highest BCUT2D eigenvalue weighted by Gasteiger charge is 2.59. The number of rotatable bonds is 7. The monoisotopic (exact) mass is 876 g/mol. The number of aromatic amines is 1. The van der Waals surface area contributed by atoms with E-state index in [1.807, 2.05) is 47.7 Å². The van der Waals surface area contributed by atoms with Gasteiger partial charge in [0.1, 0.15) is 22.7 Å². The highest BCUT2D eigenvalue weighted by Crippen LogP contribution is 2.56. The zero-order chi connectivity index (χ0) is 45.3. The van der Waals surface area contributed by atoms with E-state index >= 15 is 9.18 Å². The van der Waals surface area contributed by atoms with Crippen molar-refractivity contribution in [1.29, 1.82) is 0 Å². The van der Waals surface area contributed by atoms with Crippen LogP contribution in [0, 0.1) is 25.6 Å². The summed E-state index contributed by atoms with van der Waals surface area (Å²) in [6.07, 6.45) is 7.74. The highest BCUT2D eigenvalue weighted by molar-refractivity contribution is 6.00. The predicted octanol–water partition coefficient (Wildman–Crippen LogP) is 7.57. The number of halogens is 1. The third-order valence-corrected chi connectivity index (χ3v) is 14.2. The smallest absolute Gasteiger partial charge is 0.376 e. The van der Waals surface area contributed by atoms with Crippen LogP contribution in [0.3, 0.4) is 0 Å². The number of aryl methyl sites for hydroxylation is 3. The number of aromatic nitrogens is 9. The lowest BCUT2D eigenvalue weighted by molar-refractivity contribution is -0.0592. The summed E-state index contributed by atoms with van der Waals surface area (Å²) in [5, 5.41) is 15.5. The Balaban J connectivity index is 1.06. The van der Waals surface area contributed by atoms with Gasteiger partial charge in [0, 0.05) is 66.6 Å². The SMILES string of the molecule is Cc1cc(-n2nc3c(c2-c2nccn(-c4ccc5c(cnn5C)c4)c2=O)[C@H](C)N(C(=O)c2cc4cc([C@H]5CCOC(C)(C)C5)ccc4n2[C@@]2(c4noc(=O)[nH]4)C[C@@H]2C)CC3)cc(C)c1F. The van der Waals surface area contributed by atoms with Crippen LogP contribution in [0.1, 0.15) is 103 Å². The third-order valence-electron chi connectivity index (χ3n) is 14.2. The van der Waals surface area contributed by atoms with Gasteiger partial charge in [-0.25, -0.2) is 18.9 Å². The van der Waals surface area contributed by atoms with Crippen LogP contribution in [-0.4, -0.2) is 73.4 Å². The molecular formula is C49H49FN10O5. The van der Waals surface area contributed by atoms with Crippen LogP contribution in [0.25, 0.3) is 44.6 Å². The molecule has 3 aliphatic rings. The molecule has 1 saturated heterocycles. The van der Waals surface area contributed by atoms with E-state index in [1.165, 1.54) is 5.56 Å². The van der Waals surface area contributed by atoms with E-state index in [2.05, 4.69) is 54.2 Å². The van der Waals surface area contributed by atoms with Gasteiger partial charge in [-0.05, 0) is 131 Å². The summed E-state index contributed by atoms with van der Waals surface area (Å²) in [6.45, 7) is 12.7. The second-order valence-electron chi connectivity index (χ2n) is 18.9. The number of hydrogen-bond donors (Lipinski definition) is 1. The number of fused-ring (bicyclic) bond motifs is 3. The Morgan fingerprint density at radius 2 is 1.72 bits per heavy atom. The van der Waals surface area contributed by atoms with Crippen LogP contribution in [0.4, 0.5) is 4.39 Å². The number of amides is 1. The summed E-state index contributed by atoms with van der Waals surface area (Å²) >= 11 is 0. The van der Waals surface area contributed by atoms with Crippen molar-refractivity contribution in [2.24, 2.45) is 13.0 Å². The molecule has 16 heteroatoms. The number of ether oxygens (including phenoxy) is 1. The van der Waals surface area contributed by atoms with Crippen LogP contribution in [0.5, 0.6) is 0 Å². The minimum absolute atomic E-state index is 0.0180. The average molecular weight is 877 g/mol. The predicted molar refractivity (Wildman–Crippen MR) is 241 cm³/mol. The molecule has 1 aliphatic carbocycles. The third kappa shape index (κ3) is 6.35. The van der Waals surface area contributed by atoms with Crippen LogP contribution in [0.15, 0.2) is 87.3 Å². The lowest BCUT2D eigenvalue weighted by Gasteiger charge is -2.35. The van der Waals surface area contributed by atoms with Crippen molar-refractivity contribution in [2.45, 2.75) is 90.3 Å². The normalized spacial score (nSPS) is 21.6. The molecule has 1 saturated carbocycles.